The third-order valence-corrected chi connectivity index (χ3v) is 3.45. The Morgan fingerprint density at radius 1 is 1.50 bits per heavy atom. The number of likely N-dealkylation sites (tertiary alicyclic amines) is 1. The number of rotatable bonds is 4. The second kappa shape index (κ2) is 6.21. The van der Waals surface area contributed by atoms with Gasteiger partial charge < -0.3 is 19.6 Å². The molecule has 1 aliphatic rings. The molecule has 1 aromatic rings. The van der Waals surface area contributed by atoms with Crippen molar-refractivity contribution in [3.8, 4) is 0 Å². The maximum atomic E-state index is 12.0. The maximum absolute atomic E-state index is 12.0. The third-order valence-electron chi connectivity index (χ3n) is 3.45. The first kappa shape index (κ1) is 14.8. The minimum Gasteiger partial charge on any atom is -0.445 e. The van der Waals surface area contributed by atoms with E-state index >= 15 is 0 Å². The summed E-state index contributed by atoms with van der Waals surface area (Å²) in [5, 5.41) is 9.99. The molecule has 0 bridgehead atoms. The van der Waals surface area contributed by atoms with Crippen molar-refractivity contribution in [3.63, 3.8) is 0 Å². The number of nitrogens with zero attached hydrogens (tertiary/aromatic N) is 1. The molecule has 2 rings (SSSR count). The predicted molar refractivity (Wildman–Crippen MR) is 72.8 cm³/mol. The molecule has 0 unspecified atom stereocenters. The van der Waals surface area contributed by atoms with Gasteiger partial charge in [0.2, 0.25) is 0 Å². The highest BCUT2D eigenvalue weighted by Crippen LogP contribution is 2.22. The van der Waals surface area contributed by atoms with Crippen molar-refractivity contribution in [1.82, 2.24) is 10.4 Å². The zero-order valence-electron chi connectivity index (χ0n) is 11.7. The zero-order chi connectivity index (χ0) is 14.6. The van der Waals surface area contributed by atoms with E-state index in [0.29, 0.717) is 6.54 Å². The van der Waals surface area contributed by atoms with Gasteiger partial charge in [-0.3, -0.25) is 0 Å². The quantitative estimate of drug-likeness (QED) is 0.802. The minimum atomic E-state index is -0.702. The molecule has 6 heteroatoms. The largest absolute Gasteiger partial charge is 0.445 e. The van der Waals surface area contributed by atoms with E-state index in [9.17, 15) is 9.90 Å². The number of aliphatic hydroxyl groups is 1. The number of hydroxylamine groups is 1. The fourth-order valence-corrected chi connectivity index (χ4v) is 2.26. The molecule has 0 radical (unpaired) electrons. The summed E-state index contributed by atoms with van der Waals surface area (Å²) in [6, 6.07) is 9.47. The van der Waals surface area contributed by atoms with Crippen LogP contribution in [0.4, 0.5) is 4.79 Å². The van der Waals surface area contributed by atoms with E-state index in [1.807, 2.05) is 30.3 Å². The number of amides is 1. The Morgan fingerprint density at radius 3 is 2.85 bits per heavy atom. The van der Waals surface area contributed by atoms with Gasteiger partial charge in [-0.15, -0.1) is 0 Å². The maximum Gasteiger partial charge on any atom is 0.410 e. The van der Waals surface area contributed by atoms with Gasteiger partial charge in [-0.25, -0.2) is 4.79 Å². The molecule has 0 aromatic heterocycles. The van der Waals surface area contributed by atoms with Gasteiger partial charge in [0.1, 0.15) is 6.61 Å². The second-order valence-corrected chi connectivity index (χ2v) is 5.16. The molecular formula is C14H20N2O4. The van der Waals surface area contributed by atoms with Crippen molar-refractivity contribution >= 4 is 6.09 Å². The summed E-state index contributed by atoms with van der Waals surface area (Å²) < 4.78 is 5.24. The number of carbonyl (C=O) groups excluding carboxylic acids is 1. The van der Waals surface area contributed by atoms with Crippen molar-refractivity contribution in [2.75, 3.05) is 20.2 Å². The van der Waals surface area contributed by atoms with Gasteiger partial charge in [0.25, 0.3) is 0 Å². The van der Waals surface area contributed by atoms with Crippen molar-refractivity contribution in [3.05, 3.63) is 35.9 Å². The molecule has 1 saturated heterocycles. The van der Waals surface area contributed by atoms with Crippen molar-refractivity contribution in [2.24, 2.45) is 0 Å². The first-order valence-corrected chi connectivity index (χ1v) is 6.49. The average Bonchev–Trinajstić information content (AvgIpc) is 2.74. The Balaban J connectivity index is 1.88. The molecule has 1 aromatic carbocycles. The lowest BCUT2D eigenvalue weighted by Crippen LogP contribution is -2.51. The number of ether oxygens (including phenoxy) is 1. The SMILES string of the molecule is CON[C@@]1(C)CN(C(=O)OCc2ccccc2)C[C@H]1O. The molecule has 0 aliphatic carbocycles. The Hall–Kier alpha value is -1.63. The van der Waals surface area contributed by atoms with Crippen LogP contribution in [0.5, 0.6) is 0 Å². The van der Waals surface area contributed by atoms with Crippen LogP contribution in [0.15, 0.2) is 30.3 Å². The van der Waals surface area contributed by atoms with E-state index in [0.717, 1.165) is 5.56 Å². The molecule has 0 saturated carbocycles. The summed E-state index contributed by atoms with van der Waals surface area (Å²) in [5.41, 5.74) is 2.98. The summed E-state index contributed by atoms with van der Waals surface area (Å²) in [5.74, 6) is 0. The van der Waals surface area contributed by atoms with Crippen LogP contribution in [0.25, 0.3) is 0 Å². The van der Waals surface area contributed by atoms with Crippen LogP contribution in [0.1, 0.15) is 12.5 Å². The van der Waals surface area contributed by atoms with E-state index in [2.05, 4.69) is 5.48 Å². The third kappa shape index (κ3) is 3.27. The lowest BCUT2D eigenvalue weighted by Gasteiger charge is -2.26. The van der Waals surface area contributed by atoms with Crippen LogP contribution < -0.4 is 5.48 Å². The number of nitrogens with one attached hydrogen (secondary N) is 1. The van der Waals surface area contributed by atoms with Gasteiger partial charge in [-0.2, -0.15) is 5.48 Å². The standard InChI is InChI=1S/C14H20N2O4/c1-14(15-19-2)10-16(8-12(14)17)13(18)20-9-11-6-4-3-5-7-11/h3-7,12,15,17H,8-10H2,1-2H3/t12-,14+/m1/s1. The van der Waals surface area contributed by atoms with E-state index in [1.54, 1.807) is 6.92 Å². The van der Waals surface area contributed by atoms with Crippen LogP contribution >= 0.6 is 0 Å². The number of β-amino-alcohol motifs (C(OH)–C–C–N with tert-alkyl or cyclic N) is 1. The fourth-order valence-electron chi connectivity index (χ4n) is 2.26. The molecular weight excluding hydrogens is 260 g/mol. The molecule has 2 N–H and O–H groups in total. The summed E-state index contributed by atoms with van der Waals surface area (Å²) in [6.45, 7) is 2.57. The van der Waals surface area contributed by atoms with Crippen LogP contribution in [0, 0.1) is 0 Å². The molecule has 0 spiro atoms. The average molecular weight is 280 g/mol. The summed E-state index contributed by atoms with van der Waals surface area (Å²) >= 11 is 0. The Labute approximate surface area is 118 Å². The highest BCUT2D eigenvalue weighted by Gasteiger charge is 2.44. The number of benzene rings is 1. The first-order valence-electron chi connectivity index (χ1n) is 6.49. The van der Waals surface area contributed by atoms with E-state index < -0.39 is 17.7 Å². The number of hydrogen-bond donors (Lipinski definition) is 2. The second-order valence-electron chi connectivity index (χ2n) is 5.16. The highest BCUT2D eigenvalue weighted by atomic mass is 16.6. The molecule has 110 valence electrons. The Bertz CT molecular complexity index is 454. The van der Waals surface area contributed by atoms with Gasteiger partial charge in [0.05, 0.1) is 25.3 Å². The van der Waals surface area contributed by atoms with Gasteiger partial charge >= 0.3 is 6.09 Å². The number of aliphatic hydroxyl groups excluding tert-OH is 1. The lowest BCUT2D eigenvalue weighted by atomic mass is 10.0. The van der Waals surface area contributed by atoms with Gasteiger partial charge in [-0.1, -0.05) is 30.3 Å². The molecule has 1 fully saturated rings. The Kier molecular flexibility index (Phi) is 4.59. The van der Waals surface area contributed by atoms with E-state index in [4.69, 9.17) is 9.57 Å². The molecule has 20 heavy (non-hydrogen) atoms. The fraction of sp³-hybridized carbons (Fsp3) is 0.500. The molecule has 6 nitrogen and oxygen atoms in total. The van der Waals surface area contributed by atoms with Gasteiger partial charge in [0, 0.05) is 6.54 Å². The van der Waals surface area contributed by atoms with Crippen molar-refractivity contribution < 1.29 is 19.5 Å². The van der Waals surface area contributed by atoms with Crippen molar-refractivity contribution in [2.45, 2.75) is 25.2 Å². The van der Waals surface area contributed by atoms with Gasteiger partial charge in [0.15, 0.2) is 0 Å². The minimum absolute atomic E-state index is 0.223. The van der Waals surface area contributed by atoms with E-state index in [1.165, 1.54) is 12.0 Å². The molecule has 1 amide bonds. The highest BCUT2D eigenvalue weighted by molar-refractivity contribution is 5.68. The predicted octanol–water partition coefficient (Wildman–Crippen LogP) is 0.909. The van der Waals surface area contributed by atoms with Crippen molar-refractivity contribution in [1.29, 1.82) is 0 Å². The number of carbonyl (C=O) groups is 1. The smallest absolute Gasteiger partial charge is 0.410 e. The molecule has 1 aliphatic heterocycles. The topological polar surface area (TPSA) is 71.0 Å². The number of hydrogen-bond acceptors (Lipinski definition) is 5. The molecule has 2 atom stereocenters. The van der Waals surface area contributed by atoms with Gasteiger partial charge in [-0.05, 0) is 12.5 Å². The Morgan fingerprint density at radius 2 is 2.20 bits per heavy atom. The van der Waals surface area contributed by atoms with Crippen LogP contribution in [0.2, 0.25) is 0 Å². The van der Waals surface area contributed by atoms with Crippen LogP contribution in [0.3, 0.4) is 0 Å². The lowest BCUT2D eigenvalue weighted by molar-refractivity contribution is -0.0218. The van der Waals surface area contributed by atoms with Crippen LogP contribution in [-0.4, -0.2) is 47.9 Å². The summed E-state index contributed by atoms with van der Waals surface area (Å²) in [4.78, 5) is 18.3. The first-order chi connectivity index (χ1) is 9.55. The monoisotopic (exact) mass is 280 g/mol. The van der Waals surface area contributed by atoms with Crippen LogP contribution in [-0.2, 0) is 16.2 Å². The molecule has 1 heterocycles. The normalized spacial score (nSPS) is 25.8. The van der Waals surface area contributed by atoms with E-state index in [-0.39, 0.29) is 13.2 Å². The summed E-state index contributed by atoms with van der Waals surface area (Å²) in [6.07, 6.45) is -1.14. The summed E-state index contributed by atoms with van der Waals surface area (Å²) in [7, 11) is 1.48. The zero-order valence-corrected chi connectivity index (χ0v) is 11.7.